The summed E-state index contributed by atoms with van der Waals surface area (Å²) in [5, 5.41) is 15.0. The van der Waals surface area contributed by atoms with Crippen molar-refractivity contribution in [2.45, 2.75) is 13.5 Å². The summed E-state index contributed by atoms with van der Waals surface area (Å²) in [6.45, 7) is 2.22. The second-order valence-electron chi connectivity index (χ2n) is 5.10. The Morgan fingerprint density at radius 2 is 1.75 bits per heavy atom. The predicted octanol–water partition coefficient (Wildman–Crippen LogP) is 3.15. The summed E-state index contributed by atoms with van der Waals surface area (Å²) in [4.78, 5) is 22.9. The van der Waals surface area contributed by atoms with Gasteiger partial charge in [0, 0.05) is 17.1 Å². The van der Waals surface area contributed by atoms with Crippen molar-refractivity contribution in [2.24, 2.45) is 0 Å². The Hall–Kier alpha value is -2.44. The van der Waals surface area contributed by atoms with Crippen LogP contribution in [0.25, 0.3) is 0 Å². The third kappa shape index (κ3) is 4.78. The Morgan fingerprint density at radius 3 is 2.33 bits per heavy atom. The fourth-order valence-corrected chi connectivity index (χ4v) is 2.25. The summed E-state index contributed by atoms with van der Waals surface area (Å²) >= 11 is 11.1. The molecule has 0 unspecified atom stereocenters. The van der Waals surface area contributed by atoms with E-state index in [-0.39, 0.29) is 16.6 Å². The number of halogens is 1. The van der Waals surface area contributed by atoms with E-state index < -0.39 is 5.97 Å². The maximum absolute atomic E-state index is 12.1. The third-order valence-corrected chi connectivity index (χ3v) is 3.97. The highest BCUT2D eigenvalue weighted by Gasteiger charge is 2.09. The molecule has 0 atom stereocenters. The fraction of sp³-hybridized carbons (Fsp3) is 0.118. The Morgan fingerprint density at radius 1 is 1.12 bits per heavy atom. The molecule has 0 radical (unpaired) electrons. The lowest BCUT2D eigenvalue weighted by molar-refractivity contribution is 0.0696. The molecule has 0 saturated carbocycles. The number of aromatic carboxylic acids is 1. The van der Waals surface area contributed by atoms with Crippen molar-refractivity contribution in [3.63, 3.8) is 0 Å². The number of rotatable bonds is 4. The van der Waals surface area contributed by atoms with Crippen molar-refractivity contribution in [2.75, 3.05) is 0 Å². The van der Waals surface area contributed by atoms with E-state index >= 15 is 0 Å². The highest BCUT2D eigenvalue weighted by Crippen LogP contribution is 2.16. The number of carbonyl (C=O) groups excluding carboxylic acids is 1. The normalized spacial score (nSPS) is 10.1. The summed E-state index contributed by atoms with van der Waals surface area (Å²) in [5.41, 5.74) is 2.36. The van der Waals surface area contributed by atoms with Crippen LogP contribution in [0.15, 0.2) is 42.5 Å². The van der Waals surface area contributed by atoms with Crippen LogP contribution in [0.4, 0.5) is 0 Å². The summed E-state index contributed by atoms with van der Waals surface area (Å²) in [5.74, 6) is -1.33. The number of hydrogen-bond acceptors (Lipinski definition) is 3. The van der Waals surface area contributed by atoms with E-state index in [9.17, 15) is 9.59 Å². The van der Waals surface area contributed by atoms with Crippen LogP contribution in [-0.4, -0.2) is 22.1 Å². The minimum absolute atomic E-state index is 0.180. The van der Waals surface area contributed by atoms with Gasteiger partial charge in [0.05, 0.1) is 5.56 Å². The SMILES string of the molecule is Cc1ccc(C(=O)NC(=S)NCc2ccc(C(=O)O)cc2)cc1Cl. The molecule has 1 amide bonds. The lowest BCUT2D eigenvalue weighted by Crippen LogP contribution is -2.38. The molecule has 0 aromatic heterocycles. The molecular formula is C17H15ClN2O3S. The van der Waals surface area contributed by atoms with Crippen molar-refractivity contribution in [1.82, 2.24) is 10.6 Å². The van der Waals surface area contributed by atoms with Crippen LogP contribution in [0, 0.1) is 6.92 Å². The van der Waals surface area contributed by atoms with E-state index in [4.69, 9.17) is 28.9 Å². The molecule has 24 heavy (non-hydrogen) atoms. The van der Waals surface area contributed by atoms with Gasteiger partial charge in [-0.2, -0.15) is 0 Å². The smallest absolute Gasteiger partial charge is 0.335 e. The Balaban J connectivity index is 1.89. The summed E-state index contributed by atoms with van der Waals surface area (Å²) in [6.07, 6.45) is 0. The number of benzene rings is 2. The van der Waals surface area contributed by atoms with Crippen LogP contribution in [0.1, 0.15) is 31.8 Å². The molecule has 0 saturated heterocycles. The number of carboxylic acids is 1. The molecule has 2 aromatic rings. The molecule has 124 valence electrons. The quantitative estimate of drug-likeness (QED) is 0.728. The van der Waals surface area contributed by atoms with E-state index in [0.29, 0.717) is 17.1 Å². The Labute approximate surface area is 149 Å². The summed E-state index contributed by atoms with van der Waals surface area (Å²) in [6, 6.07) is 11.4. The van der Waals surface area contributed by atoms with Crippen molar-refractivity contribution in [3.05, 3.63) is 69.7 Å². The minimum atomic E-state index is -0.978. The van der Waals surface area contributed by atoms with Gasteiger partial charge in [0.15, 0.2) is 5.11 Å². The number of carboxylic acid groups (broad SMARTS) is 1. The van der Waals surface area contributed by atoms with E-state index in [1.165, 1.54) is 12.1 Å². The van der Waals surface area contributed by atoms with Crippen molar-refractivity contribution < 1.29 is 14.7 Å². The van der Waals surface area contributed by atoms with E-state index in [2.05, 4.69) is 10.6 Å². The van der Waals surface area contributed by atoms with Crippen LogP contribution < -0.4 is 10.6 Å². The third-order valence-electron chi connectivity index (χ3n) is 3.32. The Bertz CT molecular complexity index is 791. The molecular weight excluding hydrogens is 348 g/mol. The van der Waals surface area contributed by atoms with Gasteiger partial charge in [0.2, 0.25) is 0 Å². The van der Waals surface area contributed by atoms with Gasteiger partial charge in [0.1, 0.15) is 0 Å². The van der Waals surface area contributed by atoms with Crippen LogP contribution in [0.5, 0.6) is 0 Å². The topological polar surface area (TPSA) is 78.4 Å². The number of nitrogens with one attached hydrogen (secondary N) is 2. The average molecular weight is 363 g/mol. The molecule has 0 bridgehead atoms. The number of amides is 1. The molecule has 0 aliphatic rings. The molecule has 0 aliphatic heterocycles. The minimum Gasteiger partial charge on any atom is -0.478 e. The summed E-state index contributed by atoms with van der Waals surface area (Å²) in [7, 11) is 0. The second-order valence-corrected chi connectivity index (χ2v) is 5.92. The highest BCUT2D eigenvalue weighted by atomic mass is 35.5. The monoisotopic (exact) mass is 362 g/mol. The van der Waals surface area contributed by atoms with Crippen LogP contribution in [-0.2, 0) is 6.54 Å². The second kappa shape index (κ2) is 7.90. The molecule has 7 heteroatoms. The zero-order valence-electron chi connectivity index (χ0n) is 12.8. The van der Waals surface area contributed by atoms with Gasteiger partial charge in [-0.05, 0) is 54.5 Å². The van der Waals surface area contributed by atoms with Crippen molar-refractivity contribution in [3.8, 4) is 0 Å². The number of carbonyl (C=O) groups is 2. The maximum Gasteiger partial charge on any atom is 0.335 e. The van der Waals surface area contributed by atoms with E-state index in [0.717, 1.165) is 11.1 Å². The number of thiocarbonyl (C=S) groups is 1. The zero-order chi connectivity index (χ0) is 17.7. The number of aryl methyl sites for hydroxylation is 1. The molecule has 0 aliphatic carbocycles. The van der Waals surface area contributed by atoms with Crippen LogP contribution >= 0.6 is 23.8 Å². The Kier molecular flexibility index (Phi) is 5.89. The van der Waals surface area contributed by atoms with Crippen molar-refractivity contribution >= 4 is 40.8 Å². The predicted molar refractivity (Wildman–Crippen MR) is 96.5 cm³/mol. The average Bonchev–Trinajstić information content (AvgIpc) is 2.55. The van der Waals surface area contributed by atoms with Gasteiger partial charge in [-0.3, -0.25) is 10.1 Å². The summed E-state index contributed by atoms with van der Waals surface area (Å²) < 4.78 is 0. The molecule has 0 fully saturated rings. The van der Waals surface area contributed by atoms with Gasteiger partial charge in [-0.1, -0.05) is 29.8 Å². The molecule has 5 nitrogen and oxygen atoms in total. The first-order valence-electron chi connectivity index (χ1n) is 7.04. The molecule has 2 rings (SSSR count). The van der Waals surface area contributed by atoms with Gasteiger partial charge < -0.3 is 10.4 Å². The fourth-order valence-electron chi connectivity index (χ4n) is 1.90. The van der Waals surface area contributed by atoms with Crippen LogP contribution in [0.2, 0.25) is 5.02 Å². The molecule has 0 heterocycles. The molecule has 0 spiro atoms. The highest BCUT2D eigenvalue weighted by molar-refractivity contribution is 7.80. The van der Waals surface area contributed by atoms with Gasteiger partial charge in [0.25, 0.3) is 5.91 Å². The van der Waals surface area contributed by atoms with Gasteiger partial charge in [-0.15, -0.1) is 0 Å². The lowest BCUT2D eigenvalue weighted by atomic mass is 10.1. The van der Waals surface area contributed by atoms with E-state index in [1.54, 1.807) is 30.3 Å². The molecule has 3 N–H and O–H groups in total. The van der Waals surface area contributed by atoms with E-state index in [1.807, 2.05) is 6.92 Å². The maximum atomic E-state index is 12.1. The first-order chi connectivity index (χ1) is 11.4. The first kappa shape index (κ1) is 17.9. The standard InChI is InChI=1S/C17H15ClN2O3S/c1-10-2-5-13(8-14(10)18)15(21)20-17(24)19-9-11-3-6-12(7-4-11)16(22)23/h2-8H,9H2,1H3,(H,22,23)(H2,19,20,21,24). The largest absolute Gasteiger partial charge is 0.478 e. The van der Waals surface area contributed by atoms with Gasteiger partial charge >= 0.3 is 5.97 Å². The first-order valence-corrected chi connectivity index (χ1v) is 7.83. The van der Waals surface area contributed by atoms with Crippen molar-refractivity contribution in [1.29, 1.82) is 0 Å². The zero-order valence-corrected chi connectivity index (χ0v) is 14.4. The van der Waals surface area contributed by atoms with Crippen LogP contribution in [0.3, 0.4) is 0 Å². The van der Waals surface area contributed by atoms with Gasteiger partial charge in [-0.25, -0.2) is 4.79 Å². The lowest BCUT2D eigenvalue weighted by Gasteiger charge is -2.10. The number of hydrogen-bond donors (Lipinski definition) is 3. The molecule has 2 aromatic carbocycles.